The fourth-order valence-corrected chi connectivity index (χ4v) is 3.56. The first-order valence-corrected chi connectivity index (χ1v) is 7.87. The highest BCUT2D eigenvalue weighted by atomic mass is 16.2. The predicted octanol–water partition coefficient (Wildman–Crippen LogP) is 1.41. The van der Waals surface area contributed by atoms with Crippen LogP contribution in [-0.2, 0) is 4.79 Å². The summed E-state index contributed by atoms with van der Waals surface area (Å²) in [5, 5.41) is 10.2. The summed E-state index contributed by atoms with van der Waals surface area (Å²) >= 11 is 0. The van der Waals surface area contributed by atoms with Gasteiger partial charge in [0.1, 0.15) is 0 Å². The molecule has 1 saturated carbocycles. The monoisotopic (exact) mass is 267 g/mol. The largest absolute Gasteiger partial charge is 0.353 e. The molecule has 2 fully saturated rings. The topological polar surface area (TPSA) is 53.2 Å². The normalized spacial score (nSPS) is 32.7. The highest BCUT2D eigenvalue weighted by Gasteiger charge is 2.36. The number of hydrogen-bond acceptors (Lipinski definition) is 3. The van der Waals surface area contributed by atoms with Crippen molar-refractivity contribution in [3.05, 3.63) is 0 Å². The summed E-state index contributed by atoms with van der Waals surface area (Å²) in [6.07, 6.45) is 6.40. The summed E-state index contributed by atoms with van der Waals surface area (Å²) in [5.41, 5.74) is 0. The number of amides is 1. The van der Waals surface area contributed by atoms with E-state index in [2.05, 4.69) is 16.0 Å². The molecule has 0 radical (unpaired) electrons. The van der Waals surface area contributed by atoms with E-state index < -0.39 is 0 Å². The minimum absolute atomic E-state index is 0.0885. The van der Waals surface area contributed by atoms with Gasteiger partial charge in [-0.25, -0.2) is 0 Å². The Morgan fingerprint density at radius 1 is 1.16 bits per heavy atom. The van der Waals surface area contributed by atoms with Crippen LogP contribution in [0.4, 0.5) is 0 Å². The summed E-state index contributed by atoms with van der Waals surface area (Å²) < 4.78 is 0. The van der Waals surface area contributed by atoms with Crippen molar-refractivity contribution in [2.24, 2.45) is 5.92 Å². The molecular weight excluding hydrogens is 238 g/mol. The Morgan fingerprint density at radius 2 is 1.95 bits per heavy atom. The summed E-state index contributed by atoms with van der Waals surface area (Å²) in [4.78, 5) is 12.0. The molecule has 1 aliphatic heterocycles. The van der Waals surface area contributed by atoms with Crippen LogP contribution in [0.25, 0.3) is 0 Å². The molecule has 0 aromatic heterocycles. The second-order valence-corrected chi connectivity index (χ2v) is 6.46. The predicted molar refractivity (Wildman–Crippen MR) is 78.0 cm³/mol. The van der Waals surface area contributed by atoms with Crippen LogP contribution in [-0.4, -0.2) is 36.6 Å². The van der Waals surface area contributed by atoms with Crippen molar-refractivity contribution in [1.82, 2.24) is 16.0 Å². The van der Waals surface area contributed by atoms with Gasteiger partial charge in [-0.1, -0.05) is 6.42 Å². The van der Waals surface area contributed by atoms with Crippen LogP contribution in [0.2, 0.25) is 0 Å². The van der Waals surface area contributed by atoms with Gasteiger partial charge in [0.05, 0.1) is 6.04 Å². The van der Waals surface area contributed by atoms with Gasteiger partial charge in [-0.3, -0.25) is 4.79 Å². The Kier molecular flexibility index (Phi) is 5.22. The number of carbonyl (C=O) groups excluding carboxylic acids is 1. The van der Waals surface area contributed by atoms with Crippen molar-refractivity contribution in [2.75, 3.05) is 6.54 Å². The number of rotatable bonds is 5. The van der Waals surface area contributed by atoms with Crippen LogP contribution < -0.4 is 16.0 Å². The Labute approximate surface area is 117 Å². The molecular formula is C15H29N3O. The van der Waals surface area contributed by atoms with Crippen molar-refractivity contribution >= 4 is 5.91 Å². The first kappa shape index (κ1) is 14.8. The highest BCUT2D eigenvalue weighted by molar-refractivity contribution is 5.81. The van der Waals surface area contributed by atoms with Gasteiger partial charge in [0, 0.05) is 18.1 Å². The minimum Gasteiger partial charge on any atom is -0.353 e. The van der Waals surface area contributed by atoms with Crippen LogP contribution >= 0.6 is 0 Å². The van der Waals surface area contributed by atoms with E-state index in [0.717, 1.165) is 6.54 Å². The smallest absolute Gasteiger partial charge is 0.237 e. The summed E-state index contributed by atoms with van der Waals surface area (Å²) in [5.74, 6) is 0.830. The second kappa shape index (κ2) is 6.71. The zero-order valence-electron chi connectivity index (χ0n) is 12.5. The molecule has 1 heterocycles. The molecule has 4 unspecified atom stereocenters. The molecule has 4 nitrogen and oxygen atoms in total. The van der Waals surface area contributed by atoms with Gasteiger partial charge in [-0.15, -0.1) is 0 Å². The first-order valence-electron chi connectivity index (χ1n) is 7.87. The van der Waals surface area contributed by atoms with Crippen LogP contribution in [0, 0.1) is 5.92 Å². The molecule has 4 atom stereocenters. The van der Waals surface area contributed by atoms with Gasteiger partial charge in [-0.2, -0.15) is 0 Å². The minimum atomic E-state index is -0.0885. The molecule has 4 heteroatoms. The van der Waals surface area contributed by atoms with E-state index in [-0.39, 0.29) is 18.0 Å². The van der Waals surface area contributed by atoms with E-state index in [1.807, 2.05) is 20.8 Å². The van der Waals surface area contributed by atoms with Crippen molar-refractivity contribution in [3.63, 3.8) is 0 Å². The third kappa shape index (κ3) is 3.93. The van der Waals surface area contributed by atoms with E-state index in [1.54, 1.807) is 0 Å². The van der Waals surface area contributed by atoms with E-state index >= 15 is 0 Å². The van der Waals surface area contributed by atoms with E-state index in [1.165, 1.54) is 32.1 Å². The quantitative estimate of drug-likeness (QED) is 0.706. The molecule has 0 aromatic carbocycles. The molecule has 1 aliphatic carbocycles. The Morgan fingerprint density at radius 3 is 2.58 bits per heavy atom. The van der Waals surface area contributed by atoms with Gasteiger partial charge >= 0.3 is 0 Å². The standard InChI is InChI=1S/C15H29N3O/c1-10(2)17-15(19)11(3)18-14-7-4-6-12(14)13-8-5-9-16-13/h10-14,16,18H,4-9H2,1-3H3,(H,17,19). The van der Waals surface area contributed by atoms with Crippen molar-refractivity contribution in [3.8, 4) is 0 Å². The van der Waals surface area contributed by atoms with Crippen LogP contribution in [0.5, 0.6) is 0 Å². The maximum absolute atomic E-state index is 12.0. The van der Waals surface area contributed by atoms with Crippen molar-refractivity contribution in [2.45, 2.75) is 77.0 Å². The van der Waals surface area contributed by atoms with Crippen molar-refractivity contribution in [1.29, 1.82) is 0 Å². The molecule has 1 saturated heterocycles. The van der Waals surface area contributed by atoms with Crippen LogP contribution in [0.15, 0.2) is 0 Å². The average Bonchev–Trinajstić information content (AvgIpc) is 2.97. The molecule has 110 valence electrons. The fourth-order valence-electron chi connectivity index (χ4n) is 3.56. The Hall–Kier alpha value is -0.610. The number of nitrogens with one attached hydrogen (secondary N) is 3. The summed E-state index contributed by atoms with van der Waals surface area (Å²) in [7, 11) is 0. The third-order valence-electron chi connectivity index (χ3n) is 4.47. The van der Waals surface area contributed by atoms with E-state index in [9.17, 15) is 4.79 Å². The average molecular weight is 267 g/mol. The molecule has 3 N–H and O–H groups in total. The molecule has 19 heavy (non-hydrogen) atoms. The molecule has 1 amide bonds. The van der Waals surface area contributed by atoms with Gasteiger partial charge in [0.2, 0.25) is 5.91 Å². The lowest BCUT2D eigenvalue weighted by atomic mass is 9.92. The molecule has 2 aliphatic rings. The Bertz CT molecular complexity index is 300. The van der Waals surface area contributed by atoms with Crippen LogP contribution in [0.1, 0.15) is 52.9 Å². The van der Waals surface area contributed by atoms with E-state index in [0.29, 0.717) is 18.0 Å². The Balaban J connectivity index is 1.84. The van der Waals surface area contributed by atoms with Crippen molar-refractivity contribution < 1.29 is 4.79 Å². The third-order valence-corrected chi connectivity index (χ3v) is 4.47. The second-order valence-electron chi connectivity index (χ2n) is 6.46. The van der Waals surface area contributed by atoms with Gasteiger partial charge in [0.25, 0.3) is 0 Å². The maximum atomic E-state index is 12.0. The highest BCUT2D eigenvalue weighted by Crippen LogP contribution is 2.32. The number of carbonyl (C=O) groups is 1. The van der Waals surface area contributed by atoms with Gasteiger partial charge < -0.3 is 16.0 Å². The molecule has 0 spiro atoms. The lowest BCUT2D eigenvalue weighted by molar-refractivity contribution is -0.123. The van der Waals surface area contributed by atoms with Gasteiger partial charge in [0.15, 0.2) is 0 Å². The zero-order chi connectivity index (χ0) is 13.8. The van der Waals surface area contributed by atoms with Gasteiger partial charge in [-0.05, 0) is 58.9 Å². The number of hydrogen-bond donors (Lipinski definition) is 3. The molecule has 0 bridgehead atoms. The summed E-state index contributed by atoms with van der Waals surface area (Å²) in [6, 6.07) is 1.30. The zero-order valence-corrected chi connectivity index (χ0v) is 12.5. The fraction of sp³-hybridized carbons (Fsp3) is 0.933. The first-order chi connectivity index (χ1) is 9.08. The molecule has 0 aromatic rings. The van der Waals surface area contributed by atoms with E-state index in [4.69, 9.17) is 0 Å². The lowest BCUT2D eigenvalue weighted by Gasteiger charge is -2.29. The lowest BCUT2D eigenvalue weighted by Crippen LogP contribution is -2.51. The van der Waals surface area contributed by atoms with Crippen LogP contribution in [0.3, 0.4) is 0 Å². The summed E-state index contributed by atoms with van der Waals surface area (Å²) in [6.45, 7) is 7.16. The SMILES string of the molecule is CC(C)NC(=O)C(C)NC1CCCC1C1CCCN1. The molecule has 2 rings (SSSR count). The maximum Gasteiger partial charge on any atom is 0.237 e.